The highest BCUT2D eigenvalue weighted by Crippen LogP contribution is 2.28. The highest BCUT2D eigenvalue weighted by Gasteiger charge is 2.33. The standard InChI is InChI=1S/C12H20N2O2/c1-11(2,7-12(3,4)13)8-14-9(15)5-6-10(14)16/h5-6H,7-8,13H2,1-4H3. The summed E-state index contributed by atoms with van der Waals surface area (Å²) in [5.41, 5.74) is 5.49. The topological polar surface area (TPSA) is 63.4 Å². The van der Waals surface area contributed by atoms with Gasteiger partial charge in [0.15, 0.2) is 0 Å². The summed E-state index contributed by atoms with van der Waals surface area (Å²) in [7, 11) is 0. The van der Waals surface area contributed by atoms with Crippen LogP contribution in [-0.2, 0) is 9.59 Å². The van der Waals surface area contributed by atoms with Crippen LogP contribution in [0.15, 0.2) is 12.2 Å². The summed E-state index contributed by atoms with van der Waals surface area (Å²) in [6.07, 6.45) is 3.37. The highest BCUT2D eigenvalue weighted by molar-refractivity contribution is 6.12. The second-order valence-corrected chi connectivity index (χ2v) is 5.93. The van der Waals surface area contributed by atoms with E-state index in [2.05, 4.69) is 0 Å². The molecule has 0 aromatic carbocycles. The monoisotopic (exact) mass is 224 g/mol. The van der Waals surface area contributed by atoms with Gasteiger partial charge in [0.05, 0.1) is 0 Å². The number of hydrogen-bond donors (Lipinski definition) is 1. The fourth-order valence-corrected chi connectivity index (χ4v) is 2.30. The molecule has 0 saturated carbocycles. The van der Waals surface area contributed by atoms with Gasteiger partial charge >= 0.3 is 0 Å². The predicted octanol–water partition coefficient (Wildman–Crippen LogP) is 1.06. The highest BCUT2D eigenvalue weighted by atomic mass is 16.2. The Balaban J connectivity index is 2.66. The van der Waals surface area contributed by atoms with Crippen molar-refractivity contribution in [1.82, 2.24) is 4.90 Å². The molecule has 0 aromatic rings. The maximum atomic E-state index is 11.4. The van der Waals surface area contributed by atoms with Crippen LogP contribution in [0.2, 0.25) is 0 Å². The van der Waals surface area contributed by atoms with Crippen molar-refractivity contribution < 1.29 is 9.59 Å². The molecular weight excluding hydrogens is 204 g/mol. The Kier molecular flexibility index (Phi) is 3.24. The summed E-state index contributed by atoms with van der Waals surface area (Å²) in [6, 6.07) is 0. The SMILES string of the molecule is CC(C)(N)CC(C)(C)CN1C(=O)C=CC1=O. The molecule has 4 nitrogen and oxygen atoms in total. The Hall–Kier alpha value is -1.16. The number of carbonyl (C=O) groups is 2. The Morgan fingerprint density at radius 2 is 1.56 bits per heavy atom. The van der Waals surface area contributed by atoms with Crippen molar-refractivity contribution in [2.24, 2.45) is 11.1 Å². The van der Waals surface area contributed by atoms with Crippen LogP contribution in [0.25, 0.3) is 0 Å². The second-order valence-electron chi connectivity index (χ2n) is 5.93. The van der Waals surface area contributed by atoms with Gasteiger partial charge in [-0.05, 0) is 25.7 Å². The van der Waals surface area contributed by atoms with Crippen LogP contribution in [0.5, 0.6) is 0 Å². The average Bonchev–Trinajstić information content (AvgIpc) is 2.30. The molecule has 90 valence electrons. The molecule has 0 aliphatic carbocycles. The molecule has 0 spiro atoms. The van der Waals surface area contributed by atoms with Crippen molar-refractivity contribution in [3.8, 4) is 0 Å². The first-order chi connectivity index (χ1) is 7.11. The lowest BCUT2D eigenvalue weighted by Crippen LogP contribution is -2.44. The van der Waals surface area contributed by atoms with Crippen molar-refractivity contribution in [3.05, 3.63) is 12.2 Å². The number of carbonyl (C=O) groups excluding carboxylic acids is 2. The normalized spacial score (nSPS) is 17.4. The van der Waals surface area contributed by atoms with Crippen molar-refractivity contribution in [3.63, 3.8) is 0 Å². The summed E-state index contributed by atoms with van der Waals surface area (Å²) in [4.78, 5) is 24.1. The molecule has 1 aliphatic rings. The first-order valence-electron chi connectivity index (χ1n) is 5.43. The Morgan fingerprint density at radius 1 is 1.12 bits per heavy atom. The molecule has 16 heavy (non-hydrogen) atoms. The fraction of sp³-hybridized carbons (Fsp3) is 0.667. The summed E-state index contributed by atoms with van der Waals surface area (Å²) < 4.78 is 0. The molecule has 2 N–H and O–H groups in total. The maximum absolute atomic E-state index is 11.4. The van der Waals surface area contributed by atoms with Crippen molar-refractivity contribution >= 4 is 11.8 Å². The number of nitrogens with zero attached hydrogens (tertiary/aromatic N) is 1. The minimum atomic E-state index is -0.303. The fourth-order valence-electron chi connectivity index (χ4n) is 2.30. The quantitative estimate of drug-likeness (QED) is 0.726. The van der Waals surface area contributed by atoms with Gasteiger partial charge < -0.3 is 5.73 Å². The van der Waals surface area contributed by atoms with Crippen LogP contribution in [0.1, 0.15) is 34.1 Å². The lowest BCUT2D eigenvalue weighted by atomic mass is 9.80. The zero-order chi connectivity index (χ0) is 12.6. The number of nitrogens with two attached hydrogens (primary N) is 1. The van der Waals surface area contributed by atoms with Crippen molar-refractivity contribution in [1.29, 1.82) is 0 Å². The van der Waals surface area contributed by atoms with Gasteiger partial charge in [0, 0.05) is 24.2 Å². The summed E-state index contributed by atoms with van der Waals surface area (Å²) in [6.45, 7) is 8.33. The van der Waals surface area contributed by atoms with Crippen LogP contribution < -0.4 is 5.73 Å². The van der Waals surface area contributed by atoms with Gasteiger partial charge in [-0.2, -0.15) is 0 Å². The van der Waals surface area contributed by atoms with E-state index in [1.54, 1.807) is 0 Å². The van der Waals surface area contributed by atoms with E-state index >= 15 is 0 Å². The van der Waals surface area contributed by atoms with Crippen LogP contribution in [0.4, 0.5) is 0 Å². The Labute approximate surface area is 96.5 Å². The van der Waals surface area contributed by atoms with Crippen LogP contribution in [0.3, 0.4) is 0 Å². The number of hydrogen-bond acceptors (Lipinski definition) is 3. The van der Waals surface area contributed by atoms with Crippen molar-refractivity contribution in [2.45, 2.75) is 39.7 Å². The van der Waals surface area contributed by atoms with E-state index < -0.39 is 0 Å². The molecule has 1 heterocycles. The van der Waals surface area contributed by atoms with E-state index in [9.17, 15) is 9.59 Å². The zero-order valence-electron chi connectivity index (χ0n) is 10.4. The van der Waals surface area contributed by atoms with Crippen LogP contribution in [-0.4, -0.2) is 28.8 Å². The molecule has 1 aliphatic heterocycles. The molecule has 0 fully saturated rings. The minimum absolute atomic E-state index is 0.171. The molecular formula is C12H20N2O2. The lowest BCUT2D eigenvalue weighted by molar-refractivity contribution is -0.138. The van der Waals surface area contributed by atoms with E-state index in [0.29, 0.717) is 6.54 Å². The third kappa shape index (κ3) is 3.45. The molecule has 2 amide bonds. The summed E-state index contributed by atoms with van der Waals surface area (Å²) in [5.74, 6) is -0.458. The van der Waals surface area contributed by atoms with E-state index in [4.69, 9.17) is 5.73 Å². The van der Waals surface area contributed by atoms with Gasteiger partial charge in [-0.3, -0.25) is 14.5 Å². The van der Waals surface area contributed by atoms with Gasteiger partial charge in [0.25, 0.3) is 11.8 Å². The molecule has 0 aromatic heterocycles. The third-order valence-electron chi connectivity index (χ3n) is 2.42. The average molecular weight is 224 g/mol. The molecule has 0 bridgehead atoms. The summed E-state index contributed by atoms with van der Waals surface area (Å²) in [5, 5.41) is 0. The van der Waals surface area contributed by atoms with Gasteiger partial charge in [-0.15, -0.1) is 0 Å². The van der Waals surface area contributed by atoms with E-state index in [-0.39, 0.29) is 22.8 Å². The minimum Gasteiger partial charge on any atom is -0.326 e. The maximum Gasteiger partial charge on any atom is 0.253 e. The van der Waals surface area contributed by atoms with Gasteiger partial charge in [0.1, 0.15) is 0 Å². The van der Waals surface area contributed by atoms with Crippen LogP contribution in [0, 0.1) is 5.41 Å². The molecule has 1 rings (SSSR count). The molecule has 0 atom stereocenters. The van der Waals surface area contributed by atoms with E-state index in [1.165, 1.54) is 17.1 Å². The lowest BCUT2D eigenvalue weighted by Gasteiger charge is -2.34. The summed E-state index contributed by atoms with van der Waals surface area (Å²) >= 11 is 0. The number of amides is 2. The number of imide groups is 1. The predicted molar refractivity (Wildman–Crippen MR) is 62.5 cm³/mol. The van der Waals surface area contributed by atoms with Gasteiger partial charge in [-0.25, -0.2) is 0 Å². The van der Waals surface area contributed by atoms with Crippen molar-refractivity contribution in [2.75, 3.05) is 6.54 Å². The Bertz CT molecular complexity index is 319. The molecule has 0 unspecified atom stereocenters. The second kappa shape index (κ2) is 4.01. The first-order valence-corrected chi connectivity index (χ1v) is 5.43. The molecule has 0 saturated heterocycles. The van der Waals surface area contributed by atoms with Crippen LogP contribution >= 0.6 is 0 Å². The zero-order valence-corrected chi connectivity index (χ0v) is 10.4. The molecule has 4 heteroatoms. The van der Waals surface area contributed by atoms with Gasteiger partial charge in [-0.1, -0.05) is 13.8 Å². The smallest absolute Gasteiger partial charge is 0.253 e. The number of rotatable bonds is 4. The Morgan fingerprint density at radius 3 is 1.94 bits per heavy atom. The van der Waals surface area contributed by atoms with E-state index in [0.717, 1.165) is 6.42 Å². The first kappa shape index (κ1) is 12.9. The largest absolute Gasteiger partial charge is 0.326 e. The third-order valence-corrected chi connectivity index (χ3v) is 2.42. The van der Waals surface area contributed by atoms with Gasteiger partial charge in [0.2, 0.25) is 0 Å². The van der Waals surface area contributed by atoms with E-state index in [1.807, 2.05) is 27.7 Å². The molecule has 0 radical (unpaired) electrons.